The molecule has 138 valence electrons. The Hall–Kier alpha value is -1.47. The van der Waals surface area contributed by atoms with Crippen LogP contribution in [0.15, 0.2) is 24.5 Å². The Kier molecular flexibility index (Phi) is 5.74. The predicted molar refractivity (Wildman–Crippen MR) is 96.7 cm³/mol. The minimum atomic E-state index is -2.94. The molecule has 1 amide bonds. The molecule has 7 heteroatoms. The maximum atomic E-state index is 13.0. The molecule has 1 aromatic rings. The molecule has 2 saturated heterocycles. The zero-order valence-electron chi connectivity index (χ0n) is 14.8. The normalized spacial score (nSPS) is 24.3. The highest BCUT2D eigenvalue weighted by Crippen LogP contribution is 2.25. The van der Waals surface area contributed by atoms with Crippen molar-refractivity contribution in [1.82, 2.24) is 14.8 Å². The highest BCUT2D eigenvalue weighted by molar-refractivity contribution is 7.91. The number of hydrogen-bond donors (Lipinski definition) is 0. The first-order valence-corrected chi connectivity index (χ1v) is 10.8. The molecule has 25 heavy (non-hydrogen) atoms. The lowest BCUT2D eigenvalue weighted by atomic mass is 9.99. The molecule has 2 aliphatic rings. The van der Waals surface area contributed by atoms with Gasteiger partial charge in [0.25, 0.3) is 0 Å². The average Bonchev–Trinajstić information content (AvgIpc) is 2.93. The van der Waals surface area contributed by atoms with Gasteiger partial charge < -0.3 is 9.80 Å². The quantitative estimate of drug-likeness (QED) is 0.787. The van der Waals surface area contributed by atoms with Gasteiger partial charge in [0, 0.05) is 31.4 Å². The zero-order valence-corrected chi connectivity index (χ0v) is 15.6. The lowest BCUT2D eigenvalue weighted by Gasteiger charge is -2.38. The van der Waals surface area contributed by atoms with Crippen LogP contribution in [0.3, 0.4) is 0 Å². The van der Waals surface area contributed by atoms with E-state index in [1.165, 1.54) is 0 Å². The van der Waals surface area contributed by atoms with Gasteiger partial charge in [-0.25, -0.2) is 8.42 Å². The molecule has 6 nitrogen and oxygen atoms in total. The first-order chi connectivity index (χ1) is 11.9. The van der Waals surface area contributed by atoms with Crippen molar-refractivity contribution in [2.45, 2.75) is 38.3 Å². The van der Waals surface area contributed by atoms with Crippen LogP contribution in [0.25, 0.3) is 0 Å². The number of nitrogens with zero attached hydrogens (tertiary/aromatic N) is 3. The van der Waals surface area contributed by atoms with E-state index in [1.807, 2.05) is 17.0 Å². The molecule has 0 radical (unpaired) electrons. The van der Waals surface area contributed by atoms with Crippen LogP contribution in [0.1, 0.15) is 31.2 Å². The standard InChI is InChI=1S/C18H27N3O3S/c1-20-9-4-17(5-10-20)21(13-15-2-7-19-8-3-15)18(22)12-16-6-11-25(23,24)14-16/h2-3,7-8,16-17H,4-6,9-14H2,1H3. The third kappa shape index (κ3) is 5.01. The Balaban J connectivity index is 1.69. The monoisotopic (exact) mass is 365 g/mol. The van der Waals surface area contributed by atoms with E-state index in [0.717, 1.165) is 31.5 Å². The molecule has 0 saturated carbocycles. The summed E-state index contributed by atoms with van der Waals surface area (Å²) in [5.41, 5.74) is 1.07. The number of amides is 1. The molecule has 3 heterocycles. The molecule has 3 rings (SSSR count). The van der Waals surface area contributed by atoms with Crippen LogP contribution in [-0.4, -0.2) is 66.8 Å². The third-order valence-electron chi connectivity index (χ3n) is 5.34. The van der Waals surface area contributed by atoms with Crippen LogP contribution in [0.5, 0.6) is 0 Å². The number of sulfone groups is 1. The number of piperidine rings is 1. The van der Waals surface area contributed by atoms with Crippen molar-refractivity contribution in [3.63, 3.8) is 0 Å². The summed E-state index contributed by atoms with van der Waals surface area (Å²) in [6.45, 7) is 2.56. The number of pyridine rings is 1. The van der Waals surface area contributed by atoms with Crippen molar-refractivity contribution in [1.29, 1.82) is 0 Å². The van der Waals surface area contributed by atoms with Crippen molar-refractivity contribution >= 4 is 15.7 Å². The second-order valence-corrected chi connectivity index (χ2v) is 9.61. The lowest BCUT2D eigenvalue weighted by molar-refractivity contribution is -0.136. The topological polar surface area (TPSA) is 70.6 Å². The van der Waals surface area contributed by atoms with Crippen LogP contribution in [0, 0.1) is 5.92 Å². The summed E-state index contributed by atoms with van der Waals surface area (Å²) in [4.78, 5) is 21.3. The van der Waals surface area contributed by atoms with Gasteiger partial charge in [-0.15, -0.1) is 0 Å². The van der Waals surface area contributed by atoms with E-state index in [4.69, 9.17) is 0 Å². The van der Waals surface area contributed by atoms with Crippen molar-refractivity contribution in [3.05, 3.63) is 30.1 Å². The van der Waals surface area contributed by atoms with Gasteiger partial charge in [0.15, 0.2) is 9.84 Å². The summed E-state index contributed by atoms with van der Waals surface area (Å²) >= 11 is 0. The fourth-order valence-electron chi connectivity index (χ4n) is 3.81. The molecule has 1 atom stereocenters. The Bertz CT molecular complexity index is 685. The minimum absolute atomic E-state index is 0.0243. The van der Waals surface area contributed by atoms with E-state index in [9.17, 15) is 13.2 Å². The van der Waals surface area contributed by atoms with Crippen LogP contribution < -0.4 is 0 Å². The Labute approximate surface area is 150 Å². The number of carbonyl (C=O) groups excluding carboxylic acids is 1. The first kappa shape index (κ1) is 18.3. The molecular formula is C18H27N3O3S. The van der Waals surface area contributed by atoms with Crippen LogP contribution in [0.4, 0.5) is 0 Å². The molecule has 0 N–H and O–H groups in total. The molecule has 0 spiro atoms. The van der Waals surface area contributed by atoms with E-state index in [0.29, 0.717) is 19.4 Å². The number of carbonyl (C=O) groups is 1. The van der Waals surface area contributed by atoms with Gasteiger partial charge >= 0.3 is 0 Å². The van der Waals surface area contributed by atoms with Gasteiger partial charge in [-0.05, 0) is 63.0 Å². The Morgan fingerprint density at radius 1 is 1.24 bits per heavy atom. The van der Waals surface area contributed by atoms with Crippen molar-refractivity contribution in [2.75, 3.05) is 31.6 Å². The molecule has 1 aromatic heterocycles. The highest BCUT2D eigenvalue weighted by atomic mass is 32.2. The van der Waals surface area contributed by atoms with E-state index in [1.54, 1.807) is 12.4 Å². The van der Waals surface area contributed by atoms with Gasteiger partial charge in [-0.3, -0.25) is 9.78 Å². The molecular weight excluding hydrogens is 338 g/mol. The number of hydrogen-bond acceptors (Lipinski definition) is 5. The molecule has 0 bridgehead atoms. The summed E-state index contributed by atoms with van der Waals surface area (Å²) in [6.07, 6.45) is 6.39. The van der Waals surface area contributed by atoms with Crippen LogP contribution in [-0.2, 0) is 21.2 Å². The molecule has 0 aliphatic carbocycles. The summed E-state index contributed by atoms with van der Waals surface area (Å²) in [6, 6.07) is 4.11. The first-order valence-electron chi connectivity index (χ1n) is 9.00. The molecule has 2 fully saturated rings. The van der Waals surface area contributed by atoms with E-state index >= 15 is 0 Å². The maximum absolute atomic E-state index is 13.0. The van der Waals surface area contributed by atoms with Gasteiger partial charge in [0.1, 0.15) is 0 Å². The maximum Gasteiger partial charge on any atom is 0.223 e. The van der Waals surface area contributed by atoms with Crippen molar-refractivity contribution in [3.8, 4) is 0 Å². The predicted octanol–water partition coefficient (Wildman–Crippen LogP) is 1.33. The fraction of sp³-hybridized carbons (Fsp3) is 0.667. The van der Waals surface area contributed by atoms with E-state index in [2.05, 4.69) is 16.9 Å². The smallest absolute Gasteiger partial charge is 0.223 e. The second-order valence-electron chi connectivity index (χ2n) is 7.38. The van der Waals surface area contributed by atoms with Gasteiger partial charge in [0.05, 0.1) is 11.5 Å². The summed E-state index contributed by atoms with van der Waals surface area (Å²) < 4.78 is 23.4. The SMILES string of the molecule is CN1CCC(N(Cc2ccncc2)C(=O)CC2CCS(=O)(=O)C2)CC1. The zero-order chi connectivity index (χ0) is 17.9. The fourth-order valence-corrected chi connectivity index (χ4v) is 5.67. The number of aromatic nitrogens is 1. The third-order valence-corrected chi connectivity index (χ3v) is 7.18. The summed E-state index contributed by atoms with van der Waals surface area (Å²) in [7, 11) is -0.838. The Morgan fingerprint density at radius 3 is 2.52 bits per heavy atom. The summed E-state index contributed by atoms with van der Waals surface area (Å²) in [5.74, 6) is 0.454. The second kappa shape index (κ2) is 7.83. The summed E-state index contributed by atoms with van der Waals surface area (Å²) in [5, 5.41) is 0. The van der Waals surface area contributed by atoms with Crippen molar-refractivity contribution < 1.29 is 13.2 Å². The lowest BCUT2D eigenvalue weighted by Crippen LogP contribution is -2.46. The minimum Gasteiger partial charge on any atom is -0.335 e. The number of likely N-dealkylation sites (tertiary alicyclic amines) is 1. The highest BCUT2D eigenvalue weighted by Gasteiger charge is 2.33. The average molecular weight is 365 g/mol. The van der Waals surface area contributed by atoms with Crippen molar-refractivity contribution in [2.24, 2.45) is 5.92 Å². The van der Waals surface area contributed by atoms with Gasteiger partial charge in [0.2, 0.25) is 5.91 Å². The van der Waals surface area contributed by atoms with Gasteiger partial charge in [-0.1, -0.05) is 0 Å². The van der Waals surface area contributed by atoms with E-state index < -0.39 is 9.84 Å². The van der Waals surface area contributed by atoms with Crippen LogP contribution in [0.2, 0.25) is 0 Å². The molecule has 0 aromatic carbocycles. The molecule has 2 aliphatic heterocycles. The Morgan fingerprint density at radius 2 is 1.92 bits per heavy atom. The largest absolute Gasteiger partial charge is 0.335 e. The van der Waals surface area contributed by atoms with Crippen LogP contribution >= 0.6 is 0 Å². The number of rotatable bonds is 5. The molecule has 1 unspecified atom stereocenters. The van der Waals surface area contributed by atoms with E-state index in [-0.39, 0.29) is 29.4 Å². The van der Waals surface area contributed by atoms with Gasteiger partial charge in [-0.2, -0.15) is 0 Å².